The standard InChI is InChI=1S/C58H66N10O9.C6H12O.H3N/c59-27-13-12-22-46-52(69)64-47(30-38-23-25-42(26-24-38)76-36-39-16-6-2-7-17-39)53(70)66-49(31-37-14-4-1-5-15-37)57(74)68-35-43(77-58(75)61-29-28-60)33-50(68)55(72)67-51(40-18-8-3-9-19-40)56(73)65-48(54(71)63-46)32-41-34-62-45-21-11-10-20-44(41)45;1-3-4-5-6(2)7;/h1-11,14-21,23-26,34,43,46-51,62H,12-13,22,27-33,35-36,59-60H2,(H,61,75)(H,63,71)(H,64,69)(H,65,73)(H,66,70)(H,67,72);3-5H2,1-2H3;1H3/t43-,46-,47-,48-,49-,50-,51-;;/m0../s1. The summed E-state index contributed by atoms with van der Waals surface area (Å²) in [6, 6.07) is 33.6. The smallest absolute Gasteiger partial charge is 0.407 e. The van der Waals surface area contributed by atoms with Gasteiger partial charge in [-0.1, -0.05) is 135 Å². The van der Waals surface area contributed by atoms with Crippen LogP contribution in [-0.4, -0.2) is 120 Å². The minimum atomic E-state index is -1.42. The number of nitrogens with two attached hydrogens (primary N) is 2. The lowest BCUT2D eigenvalue weighted by atomic mass is 9.99. The number of H-pyrrole nitrogens is 1. The lowest BCUT2D eigenvalue weighted by molar-refractivity contribution is -0.143. The zero-order valence-electron chi connectivity index (χ0n) is 48.4. The molecule has 85 heavy (non-hydrogen) atoms. The summed E-state index contributed by atoms with van der Waals surface area (Å²) in [5, 5.41) is 17.9. The second-order valence-corrected chi connectivity index (χ2v) is 21.0. The summed E-state index contributed by atoms with van der Waals surface area (Å²) < 4.78 is 11.8. The molecule has 2 aliphatic rings. The summed E-state index contributed by atoms with van der Waals surface area (Å²) in [5.74, 6) is -3.45. The molecule has 1 aromatic heterocycles. The number of unbranched alkanes of at least 4 members (excludes halogenated alkanes) is 2. The van der Waals surface area contributed by atoms with Crippen LogP contribution in [0.25, 0.3) is 10.9 Å². The number of ketones is 1. The maximum atomic E-state index is 15.3. The average molecular weight is 1160 g/mol. The first-order valence-electron chi connectivity index (χ1n) is 28.8. The first kappa shape index (κ1) is 65.2. The van der Waals surface area contributed by atoms with Crippen LogP contribution in [0.4, 0.5) is 4.79 Å². The van der Waals surface area contributed by atoms with Crippen LogP contribution in [0.15, 0.2) is 146 Å². The molecular weight excluding hydrogens is 1080 g/mol. The Labute approximate surface area is 496 Å². The van der Waals surface area contributed by atoms with E-state index in [0.29, 0.717) is 59.8 Å². The number of para-hydroxylation sites is 1. The molecule has 0 unspecified atom stereocenters. The number of rotatable bonds is 20. The van der Waals surface area contributed by atoms with Crippen LogP contribution in [-0.2, 0) is 64.2 Å². The van der Waals surface area contributed by atoms with Crippen molar-refractivity contribution in [3.63, 3.8) is 0 Å². The van der Waals surface area contributed by atoms with Crippen molar-refractivity contribution in [1.82, 2.24) is 47.9 Å². The van der Waals surface area contributed by atoms with E-state index in [4.69, 9.17) is 20.9 Å². The summed E-state index contributed by atoms with van der Waals surface area (Å²) in [4.78, 5) is 118. The number of hydrogen-bond donors (Lipinski definition) is 10. The first-order chi connectivity index (χ1) is 40.7. The van der Waals surface area contributed by atoms with Crippen LogP contribution >= 0.6 is 0 Å². The number of nitrogens with one attached hydrogen (secondary N) is 7. The lowest BCUT2D eigenvalue weighted by Gasteiger charge is -2.32. The number of nitrogens with zero attached hydrogens (tertiary/aromatic N) is 1. The molecule has 6 aromatic rings. The van der Waals surface area contributed by atoms with Gasteiger partial charge in [-0.3, -0.25) is 28.8 Å². The van der Waals surface area contributed by atoms with Gasteiger partial charge in [0.25, 0.3) is 0 Å². The number of carbonyl (C=O) groups is 8. The molecule has 2 saturated heterocycles. The van der Waals surface area contributed by atoms with Gasteiger partial charge < -0.3 is 73.7 Å². The molecule has 21 heteroatoms. The van der Waals surface area contributed by atoms with E-state index in [0.717, 1.165) is 35.7 Å². The Morgan fingerprint density at radius 2 is 1.19 bits per heavy atom. The van der Waals surface area contributed by atoms with Crippen molar-refractivity contribution in [3.05, 3.63) is 174 Å². The van der Waals surface area contributed by atoms with Gasteiger partial charge >= 0.3 is 6.09 Å². The third kappa shape index (κ3) is 19.6. The van der Waals surface area contributed by atoms with Crippen LogP contribution in [0.1, 0.15) is 92.7 Å². The van der Waals surface area contributed by atoms with Gasteiger partial charge in [0.05, 0.1) is 6.54 Å². The molecule has 2 aliphatic heterocycles. The molecule has 0 spiro atoms. The van der Waals surface area contributed by atoms with Gasteiger partial charge in [0.1, 0.15) is 60.5 Å². The predicted octanol–water partition coefficient (Wildman–Crippen LogP) is 5.30. The summed E-state index contributed by atoms with van der Waals surface area (Å²) in [6.45, 7) is 4.34. The zero-order chi connectivity index (χ0) is 59.8. The number of amides is 7. The number of benzene rings is 5. The van der Waals surface area contributed by atoms with E-state index in [-0.39, 0.29) is 57.9 Å². The predicted molar refractivity (Wildman–Crippen MR) is 324 cm³/mol. The van der Waals surface area contributed by atoms with E-state index in [1.165, 1.54) is 4.90 Å². The molecule has 3 heterocycles. The molecule has 14 N–H and O–H groups in total. The molecule has 0 aliphatic carbocycles. The van der Waals surface area contributed by atoms with Gasteiger partial charge in [0.2, 0.25) is 35.4 Å². The fourth-order valence-corrected chi connectivity index (χ4v) is 10.1. The number of carbonyl (C=O) groups excluding carboxylic acids is 8. The Hall–Kier alpha value is -8.92. The van der Waals surface area contributed by atoms with Gasteiger partial charge in [-0.25, -0.2) is 4.79 Å². The summed E-state index contributed by atoms with van der Waals surface area (Å²) in [7, 11) is 0. The summed E-state index contributed by atoms with van der Waals surface area (Å²) in [6.07, 6.45) is 3.59. The van der Waals surface area contributed by atoms with Crippen molar-refractivity contribution in [2.45, 2.75) is 127 Å². The maximum Gasteiger partial charge on any atom is 0.407 e. The molecule has 2 fully saturated rings. The number of alkyl carbamates (subject to hydrolysis) is 1. The second kappa shape index (κ2) is 33.4. The minimum absolute atomic E-state index is 0. The Balaban J connectivity index is 0.00000136. The number of aromatic nitrogens is 1. The number of fused-ring (bicyclic) bond motifs is 2. The Morgan fingerprint density at radius 3 is 1.84 bits per heavy atom. The van der Waals surface area contributed by atoms with Crippen molar-refractivity contribution in [2.75, 3.05) is 26.2 Å². The van der Waals surface area contributed by atoms with Crippen LogP contribution in [0.3, 0.4) is 0 Å². The molecule has 21 nitrogen and oxygen atoms in total. The van der Waals surface area contributed by atoms with E-state index in [1.54, 1.807) is 92.0 Å². The van der Waals surface area contributed by atoms with Gasteiger partial charge in [0.15, 0.2) is 0 Å². The number of hydrogen-bond acceptors (Lipinski definition) is 13. The molecule has 452 valence electrons. The fourth-order valence-electron chi connectivity index (χ4n) is 10.1. The van der Waals surface area contributed by atoms with Gasteiger partial charge in [-0.2, -0.15) is 0 Å². The van der Waals surface area contributed by atoms with Crippen molar-refractivity contribution < 1.29 is 47.8 Å². The van der Waals surface area contributed by atoms with E-state index in [1.807, 2.05) is 60.7 Å². The van der Waals surface area contributed by atoms with Crippen LogP contribution in [0.2, 0.25) is 0 Å². The largest absolute Gasteiger partial charge is 0.489 e. The van der Waals surface area contributed by atoms with Crippen LogP contribution in [0.5, 0.6) is 5.75 Å². The van der Waals surface area contributed by atoms with Crippen LogP contribution < -0.4 is 54.3 Å². The number of ether oxygens (including phenoxy) is 2. The Morgan fingerprint density at radius 1 is 0.612 bits per heavy atom. The first-order valence-corrected chi connectivity index (χ1v) is 28.8. The van der Waals surface area contributed by atoms with E-state index >= 15 is 9.59 Å². The van der Waals surface area contributed by atoms with Crippen molar-refractivity contribution in [3.8, 4) is 5.75 Å². The lowest BCUT2D eigenvalue weighted by Crippen LogP contribution is -2.61. The molecular formula is C64H81N11O10. The van der Waals surface area contributed by atoms with Crippen LogP contribution in [0, 0.1) is 0 Å². The molecule has 0 bridgehead atoms. The van der Waals surface area contributed by atoms with Gasteiger partial charge in [0, 0.05) is 62.3 Å². The van der Waals surface area contributed by atoms with Crippen molar-refractivity contribution in [1.29, 1.82) is 0 Å². The normalized spacial score (nSPS) is 20.3. The van der Waals surface area contributed by atoms with E-state index < -0.39 is 83.9 Å². The average Bonchev–Trinajstić information content (AvgIpc) is 2.79. The SMILES string of the molecule is CCCCC(C)=O.N.NCCCC[C@@H]1NC(=O)[C@H](Cc2c[nH]c3ccccc23)NC(=O)[C@H](c2ccccc2)NC(=O)[C@@H]2C[C@H](OC(=O)NCCN)CN2C(=O)[C@H](Cc2ccccc2)NC(=O)[C@H](Cc2ccc(OCc3ccccc3)cc2)NC1=O. The molecule has 7 atom stereocenters. The summed E-state index contributed by atoms with van der Waals surface area (Å²) >= 11 is 0. The highest BCUT2D eigenvalue weighted by molar-refractivity contribution is 5.99. The molecule has 7 amide bonds. The monoisotopic (exact) mass is 1160 g/mol. The maximum absolute atomic E-state index is 15.3. The quantitative estimate of drug-likeness (QED) is 0.0435. The molecule has 0 saturated carbocycles. The van der Waals surface area contributed by atoms with E-state index in [9.17, 15) is 28.8 Å². The highest BCUT2D eigenvalue weighted by Crippen LogP contribution is 2.26. The Kier molecular flexibility index (Phi) is 25.6. The molecule has 8 rings (SSSR count). The van der Waals surface area contributed by atoms with Crippen molar-refractivity contribution in [2.24, 2.45) is 11.5 Å². The van der Waals surface area contributed by atoms with Gasteiger partial charge in [-0.15, -0.1) is 0 Å². The second-order valence-electron chi connectivity index (χ2n) is 21.0. The Bertz CT molecular complexity index is 3130. The number of aromatic amines is 1. The van der Waals surface area contributed by atoms with Crippen molar-refractivity contribution >= 4 is 58.2 Å². The third-order valence-electron chi connectivity index (χ3n) is 14.6. The van der Waals surface area contributed by atoms with Gasteiger partial charge in [-0.05, 0) is 85.2 Å². The highest BCUT2D eigenvalue weighted by Gasteiger charge is 2.45. The van der Waals surface area contributed by atoms with E-state index in [2.05, 4.69) is 43.8 Å². The molecule has 0 radical (unpaired) electrons. The topological polar surface area (TPSA) is 333 Å². The third-order valence-corrected chi connectivity index (χ3v) is 14.6. The summed E-state index contributed by atoms with van der Waals surface area (Å²) in [5.41, 5.74) is 15.7. The fraction of sp³-hybridized carbons (Fsp3) is 0.375. The molecule has 5 aromatic carbocycles. The zero-order valence-corrected chi connectivity index (χ0v) is 48.4. The number of Topliss-reactive ketones (excluding diaryl/α,β-unsaturated/α-hetero) is 1. The minimum Gasteiger partial charge on any atom is -0.489 e. The highest BCUT2D eigenvalue weighted by atomic mass is 16.6.